The predicted octanol–water partition coefficient (Wildman–Crippen LogP) is 13.4. The van der Waals surface area contributed by atoms with Gasteiger partial charge in [0.05, 0.1) is 18.8 Å². The van der Waals surface area contributed by atoms with Crippen LogP contribution in [0.1, 0.15) is 245 Å². The highest BCUT2D eigenvalue weighted by Crippen LogP contribution is 2.15. The van der Waals surface area contributed by atoms with Gasteiger partial charge >= 0.3 is 0 Å². The number of nitrogens with one attached hydrogen (secondary N) is 1. The summed E-state index contributed by atoms with van der Waals surface area (Å²) in [6.45, 7) is 4.18. The Labute approximate surface area is 324 Å². The van der Waals surface area contributed by atoms with Crippen LogP contribution in [0.25, 0.3) is 0 Å². The van der Waals surface area contributed by atoms with Crippen LogP contribution in [0.5, 0.6) is 0 Å². The zero-order valence-corrected chi connectivity index (χ0v) is 35.0. The highest BCUT2D eigenvalue weighted by atomic mass is 16.3. The van der Waals surface area contributed by atoms with Crippen molar-refractivity contribution in [1.82, 2.24) is 5.32 Å². The topological polar surface area (TPSA) is 89.8 Å². The molecule has 1 amide bonds. The van der Waals surface area contributed by atoms with Crippen molar-refractivity contribution in [2.45, 2.75) is 263 Å². The number of aliphatic hydroxyl groups excluding tert-OH is 3. The van der Waals surface area contributed by atoms with E-state index in [9.17, 15) is 20.1 Å². The van der Waals surface area contributed by atoms with E-state index in [2.05, 4.69) is 43.5 Å². The van der Waals surface area contributed by atoms with Gasteiger partial charge in [-0.3, -0.25) is 4.79 Å². The largest absolute Gasteiger partial charge is 0.394 e. The molecule has 0 fully saturated rings. The second kappa shape index (κ2) is 42.6. The van der Waals surface area contributed by atoms with Crippen LogP contribution in [0, 0.1) is 0 Å². The smallest absolute Gasteiger partial charge is 0.220 e. The Morgan fingerprint density at radius 2 is 0.769 bits per heavy atom. The van der Waals surface area contributed by atoms with Gasteiger partial charge in [-0.25, -0.2) is 0 Å². The number of allylic oxidation sites excluding steroid dienone is 4. The van der Waals surface area contributed by atoms with Crippen LogP contribution >= 0.6 is 0 Å². The number of hydrogen-bond acceptors (Lipinski definition) is 4. The van der Waals surface area contributed by atoms with Crippen molar-refractivity contribution in [1.29, 1.82) is 0 Å². The third-order valence-electron chi connectivity index (χ3n) is 10.8. The lowest BCUT2D eigenvalue weighted by Gasteiger charge is -2.26. The lowest BCUT2D eigenvalue weighted by Crippen LogP contribution is -2.50. The molecular formula is C47H91NO4. The van der Waals surface area contributed by atoms with E-state index in [1.54, 1.807) is 0 Å². The summed E-state index contributed by atoms with van der Waals surface area (Å²) in [7, 11) is 0. The Morgan fingerprint density at radius 3 is 1.12 bits per heavy atom. The molecule has 0 radical (unpaired) electrons. The first kappa shape index (κ1) is 50.8. The minimum Gasteiger partial charge on any atom is -0.394 e. The highest BCUT2D eigenvalue weighted by Gasteiger charge is 2.26. The van der Waals surface area contributed by atoms with Gasteiger partial charge in [-0.1, -0.05) is 199 Å². The van der Waals surface area contributed by atoms with Crippen LogP contribution in [-0.2, 0) is 4.79 Å². The lowest BCUT2D eigenvalue weighted by molar-refractivity contribution is -0.124. The molecule has 0 saturated heterocycles. The molecule has 0 spiro atoms. The fourth-order valence-corrected chi connectivity index (χ4v) is 7.16. The van der Waals surface area contributed by atoms with Crippen molar-refractivity contribution in [2.75, 3.05) is 6.61 Å². The molecule has 5 heteroatoms. The van der Waals surface area contributed by atoms with Crippen LogP contribution in [0.4, 0.5) is 0 Å². The molecule has 0 aliphatic rings. The Balaban J connectivity index is 3.65. The van der Waals surface area contributed by atoms with E-state index in [0.29, 0.717) is 12.8 Å². The fourth-order valence-electron chi connectivity index (χ4n) is 7.16. The maximum atomic E-state index is 12.4. The fraction of sp³-hybridized carbons (Fsp3) is 0.894. The summed E-state index contributed by atoms with van der Waals surface area (Å²) in [5.41, 5.74) is 0. The summed E-state index contributed by atoms with van der Waals surface area (Å²) >= 11 is 0. The van der Waals surface area contributed by atoms with Crippen LogP contribution < -0.4 is 5.32 Å². The first-order valence-corrected chi connectivity index (χ1v) is 23.1. The molecule has 0 aliphatic carbocycles. The molecular weight excluding hydrogens is 643 g/mol. The SMILES string of the molecule is CCCCCCCCCC/C=C\CCCCCCCCCC(=O)NC(CO)C(O)C(O)CCC/C=C/CCCCCCCCCCCCCCCC. The van der Waals surface area contributed by atoms with Gasteiger partial charge in [0.25, 0.3) is 0 Å². The van der Waals surface area contributed by atoms with Gasteiger partial charge in [0.1, 0.15) is 6.10 Å². The molecule has 308 valence electrons. The van der Waals surface area contributed by atoms with Gasteiger partial charge < -0.3 is 20.6 Å². The maximum Gasteiger partial charge on any atom is 0.220 e. The van der Waals surface area contributed by atoms with E-state index in [0.717, 1.165) is 38.5 Å². The normalized spacial score (nSPS) is 13.7. The second-order valence-electron chi connectivity index (χ2n) is 16.0. The van der Waals surface area contributed by atoms with Gasteiger partial charge in [0, 0.05) is 6.42 Å². The van der Waals surface area contributed by atoms with E-state index < -0.39 is 18.2 Å². The van der Waals surface area contributed by atoms with Crippen molar-refractivity contribution >= 4 is 5.91 Å². The molecule has 0 saturated carbocycles. The number of hydrogen-bond donors (Lipinski definition) is 4. The minimum atomic E-state index is -1.16. The molecule has 52 heavy (non-hydrogen) atoms. The van der Waals surface area contributed by atoms with Gasteiger partial charge in [-0.05, 0) is 64.2 Å². The van der Waals surface area contributed by atoms with Crippen LogP contribution in [0.2, 0.25) is 0 Å². The molecule has 0 aromatic rings. The third-order valence-corrected chi connectivity index (χ3v) is 10.8. The van der Waals surface area contributed by atoms with Crippen LogP contribution in [0.15, 0.2) is 24.3 Å². The van der Waals surface area contributed by atoms with Crippen molar-refractivity contribution in [2.24, 2.45) is 0 Å². The summed E-state index contributed by atoms with van der Waals surface area (Å²) in [4.78, 5) is 12.4. The molecule has 4 N–H and O–H groups in total. The maximum absolute atomic E-state index is 12.4. The Kier molecular flexibility index (Phi) is 41.6. The quantitative estimate of drug-likeness (QED) is 0.0371. The molecule has 0 rings (SSSR count). The van der Waals surface area contributed by atoms with Crippen molar-refractivity contribution in [3.63, 3.8) is 0 Å². The molecule has 0 heterocycles. The third kappa shape index (κ3) is 37.2. The molecule has 3 atom stereocenters. The first-order valence-electron chi connectivity index (χ1n) is 23.1. The lowest BCUT2D eigenvalue weighted by atomic mass is 10.0. The van der Waals surface area contributed by atoms with E-state index in [1.165, 1.54) is 180 Å². The average molecular weight is 734 g/mol. The van der Waals surface area contributed by atoms with E-state index in [-0.39, 0.29) is 12.5 Å². The zero-order chi connectivity index (χ0) is 38.0. The van der Waals surface area contributed by atoms with E-state index in [4.69, 9.17) is 0 Å². The number of unbranched alkanes of at least 4 members (excludes halogenated alkanes) is 30. The molecule has 0 aromatic heterocycles. The number of rotatable bonds is 42. The number of amides is 1. The van der Waals surface area contributed by atoms with Crippen LogP contribution in [-0.4, -0.2) is 46.1 Å². The van der Waals surface area contributed by atoms with Gasteiger partial charge in [0.15, 0.2) is 0 Å². The zero-order valence-electron chi connectivity index (χ0n) is 35.0. The number of carbonyl (C=O) groups is 1. The minimum absolute atomic E-state index is 0.157. The first-order chi connectivity index (χ1) is 25.6. The summed E-state index contributed by atoms with van der Waals surface area (Å²) in [5.74, 6) is -0.157. The number of aliphatic hydroxyl groups is 3. The summed E-state index contributed by atoms with van der Waals surface area (Å²) in [6.07, 6.45) is 51.5. The van der Waals surface area contributed by atoms with Crippen molar-refractivity contribution in [3.8, 4) is 0 Å². The van der Waals surface area contributed by atoms with Gasteiger partial charge in [0.2, 0.25) is 5.91 Å². The van der Waals surface area contributed by atoms with E-state index >= 15 is 0 Å². The molecule has 5 nitrogen and oxygen atoms in total. The molecule has 3 unspecified atom stereocenters. The highest BCUT2D eigenvalue weighted by molar-refractivity contribution is 5.76. The summed E-state index contributed by atoms with van der Waals surface area (Å²) < 4.78 is 0. The number of carbonyl (C=O) groups excluding carboxylic acids is 1. The van der Waals surface area contributed by atoms with Crippen LogP contribution in [0.3, 0.4) is 0 Å². The summed E-state index contributed by atoms with van der Waals surface area (Å²) in [6, 6.07) is -0.826. The standard InChI is InChI=1S/C47H91NO4/c1-3-5-7-9-11-13-15-17-19-21-23-25-27-29-31-33-35-37-39-41-45(50)47(52)44(43-49)48-46(51)42-40-38-36-34-32-30-28-26-24-22-20-18-16-14-12-10-8-6-4-2/h22,24,33,35,44-45,47,49-50,52H,3-21,23,25-32,34,36-43H2,1-2H3,(H,48,51)/b24-22-,35-33+. The Morgan fingerprint density at radius 1 is 0.462 bits per heavy atom. The summed E-state index contributed by atoms with van der Waals surface area (Å²) in [5, 5.41) is 33.6. The predicted molar refractivity (Wildman–Crippen MR) is 227 cm³/mol. The van der Waals surface area contributed by atoms with Crippen molar-refractivity contribution in [3.05, 3.63) is 24.3 Å². The second-order valence-corrected chi connectivity index (χ2v) is 16.0. The Bertz CT molecular complexity index is 768. The molecule has 0 aliphatic heterocycles. The molecule has 0 aromatic carbocycles. The molecule has 0 bridgehead atoms. The Hall–Kier alpha value is -1.17. The van der Waals surface area contributed by atoms with E-state index in [1.807, 2.05) is 0 Å². The van der Waals surface area contributed by atoms with Gasteiger partial charge in [-0.2, -0.15) is 0 Å². The monoisotopic (exact) mass is 734 g/mol. The average Bonchev–Trinajstić information content (AvgIpc) is 3.15. The van der Waals surface area contributed by atoms with Gasteiger partial charge in [-0.15, -0.1) is 0 Å². The van der Waals surface area contributed by atoms with Crippen molar-refractivity contribution < 1.29 is 20.1 Å².